The maximum absolute atomic E-state index is 12.8. The van der Waals surface area contributed by atoms with Crippen molar-refractivity contribution in [2.45, 2.75) is 19.6 Å². The number of nitrogens with zero attached hydrogens (tertiary/aromatic N) is 2. The van der Waals surface area contributed by atoms with Crippen molar-refractivity contribution in [3.05, 3.63) is 36.0 Å². The Balaban J connectivity index is 0.00000225. The monoisotopic (exact) mass is 372 g/mol. The van der Waals surface area contributed by atoms with Crippen LogP contribution in [0, 0.1) is 0 Å². The Bertz CT molecular complexity index is 726. The van der Waals surface area contributed by atoms with Crippen LogP contribution in [-0.4, -0.2) is 53.3 Å². The first-order valence-electron chi connectivity index (χ1n) is 7.66. The second-order valence-corrected chi connectivity index (χ2v) is 5.67. The first-order chi connectivity index (χ1) is 11.5. The van der Waals surface area contributed by atoms with Gasteiger partial charge in [0, 0.05) is 31.2 Å². The lowest BCUT2D eigenvalue weighted by Gasteiger charge is -2.31. The summed E-state index contributed by atoms with van der Waals surface area (Å²) in [6.45, 7) is 1.07. The number of carbonyl (C=O) groups excluding carboxylic acids is 1. The molecule has 1 aromatic heterocycles. The molecule has 136 valence electrons. The molecule has 0 bridgehead atoms. The van der Waals surface area contributed by atoms with Gasteiger partial charge in [-0.2, -0.15) is 13.9 Å². The summed E-state index contributed by atoms with van der Waals surface area (Å²) < 4.78 is 29.2. The zero-order chi connectivity index (χ0) is 17.1. The Morgan fingerprint density at radius 2 is 2.24 bits per heavy atom. The molecule has 1 amide bonds. The summed E-state index contributed by atoms with van der Waals surface area (Å²) in [5, 5.41) is 10.0. The van der Waals surface area contributed by atoms with Crippen molar-refractivity contribution in [1.82, 2.24) is 20.4 Å². The van der Waals surface area contributed by atoms with Gasteiger partial charge in [0.25, 0.3) is 5.91 Å². The molecule has 2 heterocycles. The van der Waals surface area contributed by atoms with Gasteiger partial charge in [-0.15, -0.1) is 12.4 Å². The maximum atomic E-state index is 12.8. The van der Waals surface area contributed by atoms with Gasteiger partial charge in [-0.1, -0.05) is 12.1 Å². The van der Waals surface area contributed by atoms with Gasteiger partial charge in [0.05, 0.1) is 17.5 Å². The minimum absolute atomic E-state index is 0. The van der Waals surface area contributed by atoms with Crippen molar-refractivity contribution < 1.29 is 18.3 Å². The molecule has 1 aliphatic rings. The summed E-state index contributed by atoms with van der Waals surface area (Å²) in [4.78, 5) is 14.5. The molecule has 2 aromatic rings. The number of carbonyl (C=O) groups is 1. The van der Waals surface area contributed by atoms with Crippen molar-refractivity contribution in [2.75, 3.05) is 19.6 Å². The van der Waals surface area contributed by atoms with E-state index in [-0.39, 0.29) is 30.1 Å². The minimum atomic E-state index is -2.90. The molecule has 6 nitrogen and oxygen atoms in total. The van der Waals surface area contributed by atoms with Crippen LogP contribution in [0.15, 0.2) is 30.5 Å². The lowest BCUT2D eigenvalue weighted by molar-refractivity contribution is -0.0498. The van der Waals surface area contributed by atoms with Gasteiger partial charge >= 0.3 is 6.61 Å². The first kappa shape index (κ1) is 19.1. The van der Waals surface area contributed by atoms with Crippen LogP contribution in [0.1, 0.15) is 17.3 Å². The fraction of sp³-hybridized carbons (Fsp3) is 0.375. The van der Waals surface area contributed by atoms with Gasteiger partial charge in [0.2, 0.25) is 0 Å². The standard InChI is InChI=1S/C16H18F2N4O2.ClH/c1-10-9-22(6-5-19-10)15(23)13-8-20-21-14(13)11-3-2-4-12(7-11)24-16(17)18;/h2-4,7-8,10,16,19H,5-6,9H2,1H3,(H,20,21);1H. The molecule has 1 aromatic carbocycles. The van der Waals surface area contributed by atoms with E-state index in [1.807, 2.05) is 6.92 Å². The smallest absolute Gasteiger partial charge is 0.387 e. The summed E-state index contributed by atoms with van der Waals surface area (Å²) in [5.74, 6) is -0.0985. The fourth-order valence-corrected chi connectivity index (χ4v) is 2.78. The number of halogens is 3. The molecule has 1 saturated heterocycles. The maximum Gasteiger partial charge on any atom is 0.387 e. The Hall–Kier alpha value is -2.19. The second-order valence-electron chi connectivity index (χ2n) is 5.67. The third-order valence-electron chi connectivity index (χ3n) is 3.87. The van der Waals surface area contributed by atoms with Crippen LogP contribution in [0.5, 0.6) is 5.75 Å². The minimum Gasteiger partial charge on any atom is -0.435 e. The molecule has 1 aliphatic heterocycles. The number of ether oxygens (including phenoxy) is 1. The summed E-state index contributed by atoms with van der Waals surface area (Å²) in [7, 11) is 0. The fourth-order valence-electron chi connectivity index (χ4n) is 2.78. The van der Waals surface area contributed by atoms with Crippen LogP contribution >= 0.6 is 12.4 Å². The quantitative estimate of drug-likeness (QED) is 0.865. The summed E-state index contributed by atoms with van der Waals surface area (Å²) in [6.07, 6.45) is 1.46. The largest absolute Gasteiger partial charge is 0.435 e. The number of hydrogen-bond donors (Lipinski definition) is 2. The van der Waals surface area contributed by atoms with E-state index in [0.717, 1.165) is 6.54 Å². The Morgan fingerprint density at radius 3 is 2.96 bits per heavy atom. The van der Waals surface area contributed by atoms with E-state index in [4.69, 9.17) is 0 Å². The zero-order valence-corrected chi connectivity index (χ0v) is 14.4. The average Bonchev–Trinajstić information content (AvgIpc) is 3.03. The molecule has 0 saturated carbocycles. The van der Waals surface area contributed by atoms with Crippen molar-refractivity contribution in [2.24, 2.45) is 0 Å². The van der Waals surface area contributed by atoms with Crippen LogP contribution in [0.2, 0.25) is 0 Å². The number of piperazine rings is 1. The van der Waals surface area contributed by atoms with Gasteiger partial charge < -0.3 is 15.0 Å². The lowest BCUT2D eigenvalue weighted by atomic mass is 10.1. The number of aromatic nitrogens is 2. The molecule has 0 spiro atoms. The summed E-state index contributed by atoms with van der Waals surface area (Å²) in [5.41, 5.74) is 1.47. The molecular weight excluding hydrogens is 354 g/mol. The molecule has 0 aliphatic carbocycles. The van der Waals surface area contributed by atoms with E-state index in [2.05, 4.69) is 20.3 Å². The van der Waals surface area contributed by atoms with E-state index in [0.29, 0.717) is 29.9 Å². The molecule has 1 unspecified atom stereocenters. The highest BCUT2D eigenvalue weighted by molar-refractivity contribution is 5.99. The predicted molar refractivity (Wildman–Crippen MR) is 91.3 cm³/mol. The Labute approximate surface area is 150 Å². The number of benzene rings is 1. The first-order valence-corrected chi connectivity index (χ1v) is 7.66. The van der Waals surface area contributed by atoms with Crippen LogP contribution < -0.4 is 10.1 Å². The molecule has 3 rings (SSSR count). The van der Waals surface area contributed by atoms with Gasteiger partial charge in [0.15, 0.2) is 0 Å². The molecule has 2 N–H and O–H groups in total. The molecule has 25 heavy (non-hydrogen) atoms. The molecule has 0 radical (unpaired) electrons. The number of alkyl halides is 2. The van der Waals surface area contributed by atoms with E-state index >= 15 is 0 Å². The highest BCUT2D eigenvalue weighted by Crippen LogP contribution is 2.27. The highest BCUT2D eigenvalue weighted by Gasteiger charge is 2.25. The number of aromatic amines is 1. The third-order valence-corrected chi connectivity index (χ3v) is 3.87. The number of H-pyrrole nitrogens is 1. The molecule has 1 fully saturated rings. The Kier molecular flexibility index (Phi) is 6.33. The average molecular weight is 373 g/mol. The zero-order valence-electron chi connectivity index (χ0n) is 13.5. The second kappa shape index (κ2) is 8.26. The van der Waals surface area contributed by atoms with Crippen LogP contribution in [0.4, 0.5) is 8.78 Å². The summed E-state index contributed by atoms with van der Waals surface area (Å²) >= 11 is 0. The Morgan fingerprint density at radius 1 is 1.44 bits per heavy atom. The summed E-state index contributed by atoms with van der Waals surface area (Å²) in [6, 6.07) is 6.42. The highest BCUT2D eigenvalue weighted by atomic mass is 35.5. The van der Waals surface area contributed by atoms with Crippen molar-refractivity contribution in [3.8, 4) is 17.0 Å². The number of rotatable bonds is 4. The SMILES string of the molecule is CC1CN(C(=O)c2cn[nH]c2-c2cccc(OC(F)F)c2)CCN1.Cl. The number of amides is 1. The topological polar surface area (TPSA) is 70.2 Å². The van der Waals surface area contributed by atoms with E-state index in [1.54, 1.807) is 17.0 Å². The molecular formula is C16H19ClF2N4O2. The molecule has 1 atom stereocenters. The molecule has 9 heteroatoms. The van der Waals surface area contributed by atoms with Crippen molar-refractivity contribution >= 4 is 18.3 Å². The van der Waals surface area contributed by atoms with Gasteiger partial charge in [-0.05, 0) is 19.1 Å². The lowest BCUT2D eigenvalue weighted by Crippen LogP contribution is -2.51. The normalized spacial score (nSPS) is 17.3. The van der Waals surface area contributed by atoms with Crippen molar-refractivity contribution in [3.63, 3.8) is 0 Å². The number of hydrogen-bond acceptors (Lipinski definition) is 4. The van der Waals surface area contributed by atoms with Crippen LogP contribution in [0.25, 0.3) is 11.3 Å². The van der Waals surface area contributed by atoms with Gasteiger partial charge in [0.1, 0.15) is 5.75 Å². The van der Waals surface area contributed by atoms with Gasteiger partial charge in [-0.3, -0.25) is 9.89 Å². The van der Waals surface area contributed by atoms with Crippen LogP contribution in [0.3, 0.4) is 0 Å². The number of nitrogens with one attached hydrogen (secondary N) is 2. The third kappa shape index (κ3) is 4.46. The predicted octanol–water partition coefficient (Wildman–Crippen LogP) is 2.53. The van der Waals surface area contributed by atoms with Crippen LogP contribution in [-0.2, 0) is 0 Å². The van der Waals surface area contributed by atoms with E-state index in [1.165, 1.54) is 18.3 Å². The van der Waals surface area contributed by atoms with Crippen molar-refractivity contribution in [1.29, 1.82) is 0 Å². The van der Waals surface area contributed by atoms with Gasteiger partial charge in [-0.25, -0.2) is 0 Å². The van der Waals surface area contributed by atoms with E-state index in [9.17, 15) is 13.6 Å². The van der Waals surface area contributed by atoms with E-state index < -0.39 is 6.61 Å².